The third-order valence-electron chi connectivity index (χ3n) is 3.64. The summed E-state index contributed by atoms with van der Waals surface area (Å²) in [6, 6.07) is 2.86. The molecule has 2 aliphatic heterocycles. The highest BCUT2D eigenvalue weighted by molar-refractivity contribution is 7.89. The summed E-state index contributed by atoms with van der Waals surface area (Å²) in [7, 11) is -4.04. The molecule has 2 atom stereocenters. The summed E-state index contributed by atoms with van der Waals surface area (Å²) in [5.74, 6) is -0.530. The predicted octanol–water partition coefficient (Wildman–Crippen LogP) is -0.334. The Morgan fingerprint density at radius 2 is 1.91 bits per heavy atom. The number of nitrogens with zero attached hydrogens (tertiary/aromatic N) is 1. The number of β-amino-alcohol motifs (C(OH)–C–C–N with tert-alkyl or cyclic N) is 1. The van der Waals surface area contributed by atoms with E-state index in [4.69, 9.17) is 14.6 Å². The standard InChI is InChI=1S/C13H15NO7S/c15-8-5-10(13(16)17)14(7-8)22(18,19)9-1-2-11-12(6-9)21-4-3-20-11/h1-2,6,8,10,15H,3-5,7H2,(H,16,17)/t8-,10-/m1/s1. The smallest absolute Gasteiger partial charge is 0.322 e. The number of fused-ring (bicyclic) bond motifs is 1. The van der Waals surface area contributed by atoms with Gasteiger partial charge in [-0.25, -0.2) is 8.42 Å². The second kappa shape index (κ2) is 5.41. The Labute approximate surface area is 126 Å². The number of ether oxygens (including phenoxy) is 2. The van der Waals surface area contributed by atoms with E-state index in [1.165, 1.54) is 18.2 Å². The van der Waals surface area contributed by atoms with Gasteiger partial charge in [-0.05, 0) is 12.1 Å². The van der Waals surface area contributed by atoms with Crippen molar-refractivity contribution in [2.75, 3.05) is 19.8 Å². The van der Waals surface area contributed by atoms with Crippen LogP contribution in [0.4, 0.5) is 0 Å². The third kappa shape index (κ3) is 2.51. The maximum atomic E-state index is 12.6. The van der Waals surface area contributed by atoms with Crippen molar-refractivity contribution in [1.29, 1.82) is 0 Å². The van der Waals surface area contributed by atoms with Gasteiger partial charge in [0.15, 0.2) is 11.5 Å². The van der Waals surface area contributed by atoms with Gasteiger partial charge in [0.25, 0.3) is 0 Å². The first-order chi connectivity index (χ1) is 10.4. The molecule has 0 unspecified atom stereocenters. The highest BCUT2D eigenvalue weighted by Crippen LogP contribution is 2.34. The van der Waals surface area contributed by atoms with Gasteiger partial charge in [-0.3, -0.25) is 4.79 Å². The molecule has 0 radical (unpaired) electrons. The number of aliphatic hydroxyl groups is 1. The highest BCUT2D eigenvalue weighted by Gasteiger charge is 2.43. The van der Waals surface area contributed by atoms with Gasteiger partial charge >= 0.3 is 5.97 Å². The number of hydrogen-bond donors (Lipinski definition) is 2. The molecule has 0 aliphatic carbocycles. The summed E-state index contributed by atoms with van der Waals surface area (Å²) in [5.41, 5.74) is 0. The summed E-state index contributed by atoms with van der Waals surface area (Å²) in [4.78, 5) is 11.1. The van der Waals surface area contributed by atoms with Gasteiger partial charge in [0.2, 0.25) is 10.0 Å². The second-order valence-corrected chi connectivity index (χ2v) is 7.01. The molecule has 3 rings (SSSR count). The zero-order chi connectivity index (χ0) is 15.9. The maximum absolute atomic E-state index is 12.6. The van der Waals surface area contributed by atoms with Gasteiger partial charge in [-0.15, -0.1) is 0 Å². The fourth-order valence-electron chi connectivity index (χ4n) is 2.59. The molecule has 1 saturated heterocycles. The monoisotopic (exact) mass is 329 g/mol. The quantitative estimate of drug-likeness (QED) is 0.780. The molecule has 1 aromatic rings. The number of sulfonamides is 1. The van der Waals surface area contributed by atoms with Gasteiger partial charge in [0, 0.05) is 19.0 Å². The van der Waals surface area contributed by atoms with E-state index in [2.05, 4.69) is 0 Å². The van der Waals surface area contributed by atoms with Crippen LogP contribution in [0.25, 0.3) is 0 Å². The summed E-state index contributed by atoms with van der Waals surface area (Å²) in [6.45, 7) is 0.461. The highest BCUT2D eigenvalue weighted by atomic mass is 32.2. The lowest BCUT2D eigenvalue weighted by Gasteiger charge is -2.23. The molecule has 0 aromatic heterocycles. The number of rotatable bonds is 3. The predicted molar refractivity (Wildman–Crippen MR) is 73.4 cm³/mol. The molecule has 2 N–H and O–H groups in total. The van der Waals surface area contributed by atoms with E-state index >= 15 is 0 Å². The summed E-state index contributed by atoms with van der Waals surface area (Å²) < 4.78 is 36.8. The van der Waals surface area contributed by atoms with E-state index in [1.54, 1.807) is 0 Å². The Bertz CT molecular complexity index is 702. The van der Waals surface area contributed by atoms with Crippen molar-refractivity contribution >= 4 is 16.0 Å². The molecular weight excluding hydrogens is 314 g/mol. The Hall–Kier alpha value is -1.84. The molecular formula is C13H15NO7S. The van der Waals surface area contributed by atoms with Crippen molar-refractivity contribution in [3.8, 4) is 11.5 Å². The molecule has 0 bridgehead atoms. The summed E-state index contributed by atoms with van der Waals surface area (Å²) >= 11 is 0. The maximum Gasteiger partial charge on any atom is 0.322 e. The first kappa shape index (κ1) is 15.1. The topological polar surface area (TPSA) is 113 Å². The largest absolute Gasteiger partial charge is 0.486 e. The van der Waals surface area contributed by atoms with Gasteiger partial charge in [-0.1, -0.05) is 0 Å². The summed E-state index contributed by atoms with van der Waals surface area (Å²) in [5, 5.41) is 18.7. The van der Waals surface area contributed by atoms with Gasteiger partial charge < -0.3 is 19.7 Å². The molecule has 8 nitrogen and oxygen atoms in total. The lowest BCUT2D eigenvalue weighted by Crippen LogP contribution is -2.40. The number of aliphatic carboxylic acids is 1. The number of hydrogen-bond acceptors (Lipinski definition) is 6. The number of benzene rings is 1. The van der Waals surface area contributed by atoms with Crippen molar-refractivity contribution in [3.63, 3.8) is 0 Å². The molecule has 1 fully saturated rings. The van der Waals surface area contributed by atoms with E-state index in [0.717, 1.165) is 4.31 Å². The normalized spacial score (nSPS) is 25.1. The third-order valence-corrected chi connectivity index (χ3v) is 5.51. The van der Waals surface area contributed by atoms with Gasteiger partial charge in [0.1, 0.15) is 19.3 Å². The fraction of sp³-hybridized carbons (Fsp3) is 0.462. The lowest BCUT2D eigenvalue weighted by molar-refractivity contribution is -0.140. The van der Waals surface area contributed by atoms with Crippen LogP contribution in [0.2, 0.25) is 0 Å². The second-order valence-electron chi connectivity index (χ2n) is 5.12. The number of carboxylic acid groups (broad SMARTS) is 1. The van der Waals surface area contributed by atoms with E-state index in [0.29, 0.717) is 24.7 Å². The molecule has 2 aliphatic rings. The van der Waals surface area contributed by atoms with Gasteiger partial charge in [-0.2, -0.15) is 4.31 Å². The molecule has 120 valence electrons. The number of aliphatic hydroxyl groups excluding tert-OH is 1. The van der Waals surface area contributed by atoms with E-state index in [9.17, 15) is 18.3 Å². The van der Waals surface area contributed by atoms with Crippen LogP contribution in [0, 0.1) is 0 Å². The molecule has 0 amide bonds. The van der Waals surface area contributed by atoms with E-state index in [1.807, 2.05) is 0 Å². The Morgan fingerprint density at radius 1 is 1.23 bits per heavy atom. The fourth-order valence-corrected chi connectivity index (χ4v) is 4.24. The van der Waals surface area contributed by atoms with Crippen LogP contribution < -0.4 is 9.47 Å². The van der Waals surface area contributed by atoms with E-state index in [-0.39, 0.29) is 17.9 Å². The summed E-state index contributed by atoms with van der Waals surface area (Å²) in [6.07, 6.45) is -1.12. The minimum atomic E-state index is -4.04. The minimum Gasteiger partial charge on any atom is -0.486 e. The number of carbonyl (C=O) groups is 1. The van der Waals surface area contributed by atoms with Crippen LogP contribution in [0.5, 0.6) is 11.5 Å². The SMILES string of the molecule is O=C(O)[C@H]1C[C@@H](O)CN1S(=O)(=O)c1ccc2c(c1)OCCO2. The average molecular weight is 329 g/mol. The first-order valence-electron chi connectivity index (χ1n) is 6.72. The van der Waals surface area contributed by atoms with Crippen molar-refractivity contribution in [1.82, 2.24) is 4.31 Å². The van der Waals surface area contributed by atoms with Gasteiger partial charge in [0.05, 0.1) is 11.0 Å². The average Bonchev–Trinajstić information content (AvgIpc) is 2.90. The molecule has 0 saturated carbocycles. The first-order valence-corrected chi connectivity index (χ1v) is 8.16. The Morgan fingerprint density at radius 3 is 2.59 bits per heavy atom. The zero-order valence-corrected chi connectivity index (χ0v) is 12.3. The Kier molecular flexibility index (Phi) is 3.71. The van der Waals surface area contributed by atoms with Crippen molar-refractivity contribution < 1.29 is 32.9 Å². The molecule has 1 aromatic carbocycles. The van der Waals surface area contributed by atoms with Crippen molar-refractivity contribution in [2.45, 2.75) is 23.5 Å². The molecule has 2 heterocycles. The van der Waals surface area contributed by atoms with E-state index < -0.39 is 28.1 Å². The minimum absolute atomic E-state index is 0.0860. The van der Waals surface area contributed by atoms with Crippen molar-refractivity contribution in [2.24, 2.45) is 0 Å². The van der Waals surface area contributed by atoms with Crippen LogP contribution in [0.1, 0.15) is 6.42 Å². The zero-order valence-electron chi connectivity index (χ0n) is 11.5. The Balaban J connectivity index is 1.97. The molecule has 0 spiro atoms. The molecule has 9 heteroatoms. The van der Waals surface area contributed by atoms with Crippen LogP contribution in [-0.2, 0) is 14.8 Å². The van der Waals surface area contributed by atoms with Crippen LogP contribution in [0.15, 0.2) is 23.1 Å². The van der Waals surface area contributed by atoms with Crippen LogP contribution >= 0.6 is 0 Å². The lowest BCUT2D eigenvalue weighted by atomic mass is 10.2. The van der Waals surface area contributed by atoms with Crippen LogP contribution in [0.3, 0.4) is 0 Å². The van der Waals surface area contributed by atoms with Crippen molar-refractivity contribution in [3.05, 3.63) is 18.2 Å². The number of carboxylic acids is 1. The molecule has 22 heavy (non-hydrogen) atoms. The van der Waals surface area contributed by atoms with Crippen LogP contribution in [-0.4, -0.2) is 60.8 Å².